The molecule has 1 rings (SSSR count). The second-order valence-electron chi connectivity index (χ2n) is 3.80. The second kappa shape index (κ2) is 5.00. The Balaban J connectivity index is 2.59. The van der Waals surface area contributed by atoms with E-state index in [1.807, 2.05) is 0 Å². The number of benzene rings is 1. The van der Waals surface area contributed by atoms with Crippen molar-refractivity contribution >= 4 is 0 Å². The molecule has 0 atom stereocenters. The van der Waals surface area contributed by atoms with Crippen LogP contribution in [0.2, 0.25) is 0 Å². The van der Waals surface area contributed by atoms with Crippen LogP contribution in [0.25, 0.3) is 0 Å². The van der Waals surface area contributed by atoms with Crippen molar-refractivity contribution in [3.63, 3.8) is 0 Å². The molecule has 0 radical (unpaired) electrons. The third-order valence-electron chi connectivity index (χ3n) is 1.97. The van der Waals surface area contributed by atoms with Crippen LogP contribution in [0.4, 0.5) is 0 Å². The molecule has 0 amide bonds. The van der Waals surface area contributed by atoms with Gasteiger partial charge in [-0.15, -0.1) is 0 Å². The van der Waals surface area contributed by atoms with Gasteiger partial charge in [0.25, 0.3) is 0 Å². The van der Waals surface area contributed by atoms with Gasteiger partial charge < -0.3 is 0 Å². The van der Waals surface area contributed by atoms with Gasteiger partial charge in [-0.05, 0) is 23.5 Å². The Morgan fingerprint density at radius 3 is 2.15 bits per heavy atom. The predicted molar refractivity (Wildman–Crippen MR) is 56.0 cm³/mol. The molecule has 13 heavy (non-hydrogen) atoms. The highest BCUT2D eigenvalue weighted by molar-refractivity contribution is 5.22. The molecule has 0 aliphatic heterocycles. The summed E-state index contributed by atoms with van der Waals surface area (Å²) in [4.78, 5) is 0. The number of hydrogen-bond donors (Lipinski definition) is 2. The SMILES string of the molecule is CC(C)Cc1ccc(CNN)cc1. The van der Waals surface area contributed by atoms with Crippen molar-refractivity contribution < 1.29 is 0 Å². The Hall–Kier alpha value is -0.860. The lowest BCUT2D eigenvalue weighted by atomic mass is 10.0. The van der Waals surface area contributed by atoms with Crippen LogP contribution in [0.3, 0.4) is 0 Å². The maximum atomic E-state index is 5.23. The summed E-state index contributed by atoms with van der Waals surface area (Å²) in [6, 6.07) is 8.59. The van der Waals surface area contributed by atoms with Gasteiger partial charge in [0.2, 0.25) is 0 Å². The minimum atomic E-state index is 0.721. The molecule has 2 heteroatoms. The molecule has 0 bridgehead atoms. The zero-order valence-corrected chi connectivity index (χ0v) is 8.38. The van der Waals surface area contributed by atoms with Gasteiger partial charge in [-0.3, -0.25) is 11.3 Å². The molecular formula is C11H18N2. The summed E-state index contributed by atoms with van der Waals surface area (Å²) in [6.07, 6.45) is 1.15. The van der Waals surface area contributed by atoms with Crippen LogP contribution in [-0.2, 0) is 13.0 Å². The first-order chi connectivity index (χ1) is 6.22. The van der Waals surface area contributed by atoms with Crippen LogP contribution in [0.1, 0.15) is 25.0 Å². The molecule has 1 aromatic rings. The van der Waals surface area contributed by atoms with E-state index in [-0.39, 0.29) is 0 Å². The third-order valence-corrected chi connectivity index (χ3v) is 1.97. The summed E-state index contributed by atoms with van der Waals surface area (Å²) in [5.74, 6) is 5.95. The van der Waals surface area contributed by atoms with E-state index < -0.39 is 0 Å². The van der Waals surface area contributed by atoms with Crippen molar-refractivity contribution in [3.8, 4) is 0 Å². The normalized spacial score (nSPS) is 10.8. The van der Waals surface area contributed by atoms with E-state index in [1.165, 1.54) is 11.1 Å². The molecule has 0 unspecified atom stereocenters. The van der Waals surface area contributed by atoms with Gasteiger partial charge in [0, 0.05) is 6.54 Å². The van der Waals surface area contributed by atoms with Crippen LogP contribution < -0.4 is 11.3 Å². The molecule has 0 saturated heterocycles. The highest BCUT2D eigenvalue weighted by Crippen LogP contribution is 2.09. The molecule has 2 nitrogen and oxygen atoms in total. The lowest BCUT2D eigenvalue weighted by Gasteiger charge is -2.05. The summed E-state index contributed by atoms with van der Waals surface area (Å²) in [7, 11) is 0. The largest absolute Gasteiger partial charge is 0.271 e. The number of hydrazine groups is 1. The number of nitrogens with two attached hydrogens (primary N) is 1. The Morgan fingerprint density at radius 2 is 1.69 bits per heavy atom. The first-order valence-electron chi connectivity index (χ1n) is 4.73. The van der Waals surface area contributed by atoms with Gasteiger partial charge in [0.1, 0.15) is 0 Å². The molecule has 0 fully saturated rings. The fraction of sp³-hybridized carbons (Fsp3) is 0.455. The predicted octanol–water partition coefficient (Wildman–Crippen LogP) is 1.85. The number of nitrogens with one attached hydrogen (secondary N) is 1. The molecular weight excluding hydrogens is 160 g/mol. The van der Waals surface area contributed by atoms with Gasteiger partial charge in [-0.1, -0.05) is 38.1 Å². The van der Waals surface area contributed by atoms with Crippen LogP contribution in [-0.4, -0.2) is 0 Å². The lowest BCUT2D eigenvalue weighted by Crippen LogP contribution is -2.20. The van der Waals surface area contributed by atoms with E-state index in [0.717, 1.165) is 18.9 Å². The Kier molecular flexibility index (Phi) is 3.93. The van der Waals surface area contributed by atoms with Crippen LogP contribution >= 0.6 is 0 Å². The van der Waals surface area contributed by atoms with Crippen LogP contribution in [0, 0.1) is 5.92 Å². The molecule has 72 valence electrons. The van der Waals surface area contributed by atoms with E-state index in [4.69, 9.17) is 5.84 Å². The Labute approximate surface area is 80.1 Å². The van der Waals surface area contributed by atoms with Crippen LogP contribution in [0.5, 0.6) is 0 Å². The highest BCUT2D eigenvalue weighted by Gasteiger charge is 1.97. The fourth-order valence-corrected chi connectivity index (χ4v) is 1.38. The molecule has 0 spiro atoms. The van der Waals surface area contributed by atoms with Crippen LogP contribution in [0.15, 0.2) is 24.3 Å². The second-order valence-corrected chi connectivity index (χ2v) is 3.80. The van der Waals surface area contributed by atoms with Gasteiger partial charge in [-0.2, -0.15) is 0 Å². The number of rotatable bonds is 4. The van der Waals surface area contributed by atoms with E-state index in [1.54, 1.807) is 0 Å². The van der Waals surface area contributed by atoms with Crippen molar-refractivity contribution in [1.29, 1.82) is 0 Å². The zero-order chi connectivity index (χ0) is 9.68. The van der Waals surface area contributed by atoms with Gasteiger partial charge in [0.05, 0.1) is 0 Å². The average molecular weight is 178 g/mol. The minimum Gasteiger partial charge on any atom is -0.271 e. The monoisotopic (exact) mass is 178 g/mol. The van der Waals surface area contributed by atoms with Crippen molar-refractivity contribution in [1.82, 2.24) is 5.43 Å². The van der Waals surface area contributed by atoms with E-state index in [9.17, 15) is 0 Å². The van der Waals surface area contributed by atoms with Gasteiger partial charge in [0.15, 0.2) is 0 Å². The third kappa shape index (κ3) is 3.57. The summed E-state index contributed by atoms with van der Waals surface area (Å²) in [5.41, 5.74) is 5.27. The molecule has 0 heterocycles. The summed E-state index contributed by atoms with van der Waals surface area (Å²) >= 11 is 0. The molecule has 0 aromatic heterocycles. The van der Waals surface area contributed by atoms with Gasteiger partial charge >= 0.3 is 0 Å². The summed E-state index contributed by atoms with van der Waals surface area (Å²) in [5, 5.41) is 0. The molecule has 0 saturated carbocycles. The molecule has 0 aliphatic rings. The maximum absolute atomic E-state index is 5.23. The molecule has 0 aliphatic carbocycles. The Bertz CT molecular complexity index is 239. The molecule has 3 N–H and O–H groups in total. The summed E-state index contributed by atoms with van der Waals surface area (Å²) < 4.78 is 0. The van der Waals surface area contributed by atoms with E-state index >= 15 is 0 Å². The fourth-order valence-electron chi connectivity index (χ4n) is 1.38. The molecule has 1 aromatic carbocycles. The minimum absolute atomic E-state index is 0.721. The van der Waals surface area contributed by atoms with Crippen molar-refractivity contribution in [2.24, 2.45) is 11.8 Å². The van der Waals surface area contributed by atoms with E-state index in [0.29, 0.717) is 0 Å². The van der Waals surface area contributed by atoms with Crippen molar-refractivity contribution in [2.75, 3.05) is 0 Å². The van der Waals surface area contributed by atoms with Gasteiger partial charge in [-0.25, -0.2) is 0 Å². The maximum Gasteiger partial charge on any atom is 0.0348 e. The van der Waals surface area contributed by atoms with Crippen molar-refractivity contribution in [2.45, 2.75) is 26.8 Å². The Morgan fingerprint density at radius 1 is 1.15 bits per heavy atom. The topological polar surface area (TPSA) is 38.0 Å². The zero-order valence-electron chi connectivity index (χ0n) is 8.38. The standard InChI is InChI=1S/C11H18N2/c1-9(2)7-10-3-5-11(6-4-10)8-13-12/h3-6,9,13H,7-8,12H2,1-2H3. The smallest absolute Gasteiger partial charge is 0.0348 e. The number of hydrogen-bond acceptors (Lipinski definition) is 2. The first-order valence-corrected chi connectivity index (χ1v) is 4.73. The van der Waals surface area contributed by atoms with E-state index in [2.05, 4.69) is 43.5 Å². The highest BCUT2D eigenvalue weighted by atomic mass is 15.2. The first kappa shape index (κ1) is 10.2. The lowest BCUT2D eigenvalue weighted by molar-refractivity contribution is 0.646. The average Bonchev–Trinajstić information content (AvgIpc) is 2.08. The van der Waals surface area contributed by atoms with Crippen molar-refractivity contribution in [3.05, 3.63) is 35.4 Å². The summed E-state index contributed by atoms with van der Waals surface area (Å²) in [6.45, 7) is 5.20. The quantitative estimate of drug-likeness (QED) is 0.545.